The summed E-state index contributed by atoms with van der Waals surface area (Å²) in [6.07, 6.45) is 14.1. The lowest BCUT2D eigenvalue weighted by Gasteiger charge is -2.61. The molecule has 4 saturated carbocycles. The van der Waals surface area contributed by atoms with E-state index in [1.807, 2.05) is 0 Å². The number of thioether (sulfide) groups is 2. The number of hydrogen-bond acceptors (Lipinski definition) is 2. The molecule has 0 amide bonds. The Balaban J connectivity index is 1.32. The van der Waals surface area contributed by atoms with Gasteiger partial charge in [-0.15, -0.1) is 0 Å². The van der Waals surface area contributed by atoms with Gasteiger partial charge in [-0.25, -0.2) is 0 Å². The summed E-state index contributed by atoms with van der Waals surface area (Å²) >= 11 is 4.62. The minimum absolute atomic E-state index is 0.713. The van der Waals surface area contributed by atoms with E-state index in [-0.39, 0.29) is 0 Å². The van der Waals surface area contributed by atoms with Crippen LogP contribution in [0.2, 0.25) is 0 Å². The normalized spacial score (nSPS) is 66.0. The maximum atomic E-state index is 2.74. The van der Waals surface area contributed by atoms with Crippen molar-refractivity contribution in [1.82, 2.24) is 0 Å². The van der Waals surface area contributed by atoms with Crippen LogP contribution in [0.15, 0.2) is 0 Å². The molecular formula is C21H32S2. The molecule has 4 aliphatic carbocycles. The van der Waals surface area contributed by atoms with Gasteiger partial charge in [-0.2, -0.15) is 23.5 Å². The van der Waals surface area contributed by atoms with E-state index in [0.717, 1.165) is 33.2 Å². The molecule has 2 saturated heterocycles. The smallest absolute Gasteiger partial charge is 0.0307 e. The van der Waals surface area contributed by atoms with Crippen LogP contribution in [0, 0.1) is 34.5 Å². The van der Waals surface area contributed by atoms with Crippen molar-refractivity contribution in [3.63, 3.8) is 0 Å². The van der Waals surface area contributed by atoms with Gasteiger partial charge >= 0.3 is 0 Å². The first-order valence-corrected chi connectivity index (χ1v) is 12.3. The lowest BCUT2D eigenvalue weighted by molar-refractivity contribution is -0.107. The Hall–Kier alpha value is 0.700. The Kier molecular flexibility index (Phi) is 2.79. The second-order valence-electron chi connectivity index (χ2n) is 10.6. The Labute approximate surface area is 150 Å². The van der Waals surface area contributed by atoms with Gasteiger partial charge in [0.2, 0.25) is 0 Å². The van der Waals surface area contributed by atoms with E-state index in [9.17, 15) is 0 Å². The maximum Gasteiger partial charge on any atom is 0.0307 e. The van der Waals surface area contributed by atoms with Gasteiger partial charge in [0, 0.05) is 21.0 Å². The van der Waals surface area contributed by atoms with Crippen LogP contribution >= 0.6 is 23.5 Å². The third-order valence-electron chi connectivity index (χ3n) is 10.1. The quantitative estimate of drug-likeness (QED) is 0.492. The van der Waals surface area contributed by atoms with Crippen LogP contribution < -0.4 is 0 Å². The Morgan fingerprint density at radius 2 is 1.57 bits per heavy atom. The standard InChI is InChI=1S/C21H32S2/c1-18-9-10-20(12-22-20)11-14(18)3-4-15-16(18)5-7-19(2)17(15)6-8-21(19)13-23-21/h14-17H,3-13H2,1-2H3/t14-,15+,16+,17-,18-,19-,20-,21-/m0/s1. The highest BCUT2D eigenvalue weighted by Gasteiger charge is 2.69. The van der Waals surface area contributed by atoms with E-state index >= 15 is 0 Å². The molecule has 2 heterocycles. The molecule has 0 radical (unpaired) electrons. The minimum atomic E-state index is 0.713. The molecule has 128 valence electrons. The molecule has 0 aromatic heterocycles. The highest BCUT2D eigenvalue weighted by Crippen LogP contribution is 2.76. The molecule has 0 nitrogen and oxygen atoms in total. The lowest BCUT2D eigenvalue weighted by atomic mass is 9.44. The Morgan fingerprint density at radius 3 is 2.30 bits per heavy atom. The molecule has 2 spiro atoms. The van der Waals surface area contributed by atoms with E-state index in [1.165, 1.54) is 11.5 Å². The molecule has 0 aromatic carbocycles. The fourth-order valence-electron chi connectivity index (χ4n) is 8.33. The van der Waals surface area contributed by atoms with Gasteiger partial charge in [-0.3, -0.25) is 0 Å². The molecule has 8 atom stereocenters. The molecule has 2 aliphatic heterocycles. The molecule has 0 aromatic rings. The summed E-state index contributed by atoms with van der Waals surface area (Å²) in [4.78, 5) is 0. The molecular weight excluding hydrogens is 316 g/mol. The maximum absolute atomic E-state index is 2.74. The van der Waals surface area contributed by atoms with Gasteiger partial charge in [-0.1, -0.05) is 13.8 Å². The van der Waals surface area contributed by atoms with E-state index in [0.29, 0.717) is 10.8 Å². The van der Waals surface area contributed by atoms with Crippen molar-refractivity contribution in [2.75, 3.05) is 11.5 Å². The number of rotatable bonds is 0. The fraction of sp³-hybridized carbons (Fsp3) is 1.00. The highest BCUT2D eigenvalue weighted by atomic mass is 32.2. The van der Waals surface area contributed by atoms with Crippen LogP contribution in [-0.2, 0) is 0 Å². The van der Waals surface area contributed by atoms with Crippen LogP contribution in [0.25, 0.3) is 0 Å². The largest absolute Gasteiger partial charge is 0.153 e. The molecule has 0 unspecified atom stereocenters. The Bertz CT molecular complexity index is 548. The van der Waals surface area contributed by atoms with Gasteiger partial charge in [-0.05, 0) is 92.3 Å². The lowest BCUT2D eigenvalue weighted by Crippen LogP contribution is -2.55. The van der Waals surface area contributed by atoms with Crippen molar-refractivity contribution in [2.24, 2.45) is 34.5 Å². The van der Waals surface area contributed by atoms with Gasteiger partial charge < -0.3 is 0 Å². The first-order valence-electron chi connectivity index (χ1n) is 10.3. The zero-order chi connectivity index (χ0) is 15.5. The average Bonchev–Trinajstić information content (AvgIpc) is 3.43. The third-order valence-corrected chi connectivity index (χ3v) is 13.3. The summed E-state index contributed by atoms with van der Waals surface area (Å²) in [6.45, 7) is 5.46. The Morgan fingerprint density at radius 1 is 0.783 bits per heavy atom. The summed E-state index contributed by atoms with van der Waals surface area (Å²) in [7, 11) is 0. The molecule has 6 fully saturated rings. The predicted octanol–water partition coefficient (Wildman–Crippen LogP) is 6.00. The third kappa shape index (κ3) is 1.74. The zero-order valence-electron chi connectivity index (χ0n) is 14.9. The zero-order valence-corrected chi connectivity index (χ0v) is 16.5. The van der Waals surface area contributed by atoms with Gasteiger partial charge in [0.25, 0.3) is 0 Å². The fourth-order valence-corrected chi connectivity index (χ4v) is 10.9. The number of hydrogen-bond donors (Lipinski definition) is 0. The van der Waals surface area contributed by atoms with Crippen molar-refractivity contribution in [1.29, 1.82) is 0 Å². The van der Waals surface area contributed by atoms with Gasteiger partial charge in [0.05, 0.1) is 0 Å². The molecule has 6 rings (SSSR count). The minimum Gasteiger partial charge on any atom is -0.153 e. The van der Waals surface area contributed by atoms with Crippen molar-refractivity contribution in [2.45, 2.75) is 81.1 Å². The molecule has 2 heteroatoms. The highest BCUT2D eigenvalue weighted by molar-refractivity contribution is 8.08. The topological polar surface area (TPSA) is 0 Å². The van der Waals surface area contributed by atoms with Crippen molar-refractivity contribution in [3.05, 3.63) is 0 Å². The van der Waals surface area contributed by atoms with E-state index in [4.69, 9.17) is 0 Å². The van der Waals surface area contributed by atoms with Gasteiger partial charge in [0.15, 0.2) is 0 Å². The predicted molar refractivity (Wildman–Crippen MR) is 102 cm³/mol. The van der Waals surface area contributed by atoms with Crippen molar-refractivity contribution < 1.29 is 0 Å². The summed E-state index contributed by atoms with van der Waals surface area (Å²) < 4.78 is 1.53. The summed E-state index contributed by atoms with van der Waals surface area (Å²) in [5.41, 5.74) is 1.43. The molecule has 6 aliphatic rings. The van der Waals surface area contributed by atoms with E-state index in [2.05, 4.69) is 37.4 Å². The SMILES string of the molecule is C[C@]12CC[C@@]3(CS3)C[C@@H]1CC[C@@H]1[C@H]2CC[C@@]2(C)[C@H]1CC[C@]21CS1. The van der Waals surface area contributed by atoms with Crippen LogP contribution in [-0.4, -0.2) is 21.0 Å². The first-order chi connectivity index (χ1) is 11.0. The molecule has 23 heavy (non-hydrogen) atoms. The summed E-state index contributed by atoms with van der Waals surface area (Å²) in [5.74, 6) is 7.32. The summed E-state index contributed by atoms with van der Waals surface area (Å²) in [5, 5.41) is 0. The number of fused-ring (bicyclic) bond motifs is 6. The first kappa shape index (κ1) is 14.8. The second kappa shape index (κ2) is 4.33. The van der Waals surface area contributed by atoms with Gasteiger partial charge in [0.1, 0.15) is 0 Å². The van der Waals surface area contributed by atoms with Crippen molar-refractivity contribution in [3.8, 4) is 0 Å². The summed E-state index contributed by atoms with van der Waals surface area (Å²) in [6, 6.07) is 0. The van der Waals surface area contributed by atoms with Crippen LogP contribution in [0.1, 0.15) is 71.6 Å². The van der Waals surface area contributed by atoms with Crippen LogP contribution in [0.4, 0.5) is 0 Å². The average molecular weight is 349 g/mol. The van der Waals surface area contributed by atoms with Crippen LogP contribution in [0.3, 0.4) is 0 Å². The monoisotopic (exact) mass is 348 g/mol. The van der Waals surface area contributed by atoms with Crippen LogP contribution in [0.5, 0.6) is 0 Å². The molecule has 0 bridgehead atoms. The van der Waals surface area contributed by atoms with E-state index in [1.54, 1.807) is 57.8 Å². The van der Waals surface area contributed by atoms with Crippen molar-refractivity contribution >= 4 is 23.5 Å². The van der Waals surface area contributed by atoms with E-state index < -0.39 is 0 Å². The second-order valence-corrected chi connectivity index (χ2v) is 13.4. The molecule has 0 N–H and O–H groups in total.